The Morgan fingerprint density at radius 1 is 1.32 bits per heavy atom. The zero-order chi connectivity index (χ0) is 15.9. The average molecular weight is 388 g/mol. The Balaban J connectivity index is 1.77. The Morgan fingerprint density at radius 3 is 2.95 bits per heavy atom. The topological polar surface area (TPSA) is 49.4 Å². The van der Waals surface area contributed by atoms with Crippen LogP contribution < -0.4 is 5.32 Å². The summed E-state index contributed by atoms with van der Waals surface area (Å²) in [6.45, 7) is 2.07. The number of rotatable bonds is 5. The second-order valence-corrected chi connectivity index (χ2v) is 6.75. The van der Waals surface area contributed by atoms with E-state index in [2.05, 4.69) is 21.2 Å². The minimum Gasteiger partial charge on any atom is -0.352 e. The van der Waals surface area contributed by atoms with Crippen LogP contribution in [0.4, 0.5) is 0 Å². The van der Waals surface area contributed by atoms with Crippen molar-refractivity contribution in [3.63, 3.8) is 0 Å². The number of amides is 2. The molecule has 1 aliphatic rings. The molecule has 120 valence electrons. The van der Waals surface area contributed by atoms with Crippen LogP contribution in [0.3, 0.4) is 0 Å². The van der Waals surface area contributed by atoms with E-state index in [0.29, 0.717) is 30.1 Å². The van der Waals surface area contributed by atoms with E-state index >= 15 is 0 Å². The fraction of sp³-hybridized carbons (Fsp3) is 0.500. The van der Waals surface area contributed by atoms with Gasteiger partial charge in [-0.15, -0.1) is 0 Å². The second kappa shape index (κ2) is 8.53. The van der Waals surface area contributed by atoms with Crippen molar-refractivity contribution in [3.05, 3.63) is 33.3 Å². The van der Waals surface area contributed by atoms with Crippen molar-refractivity contribution in [2.75, 3.05) is 19.6 Å². The summed E-state index contributed by atoms with van der Waals surface area (Å²) in [7, 11) is 0. The smallest absolute Gasteiger partial charge is 0.252 e. The Hall–Kier alpha value is -1.07. The Labute approximate surface area is 144 Å². The van der Waals surface area contributed by atoms with Crippen LogP contribution in [0.2, 0.25) is 5.02 Å². The first-order chi connectivity index (χ1) is 10.6. The fourth-order valence-corrected chi connectivity index (χ4v) is 3.08. The molecule has 0 unspecified atom stereocenters. The summed E-state index contributed by atoms with van der Waals surface area (Å²) in [6.07, 6.45) is 4.60. The fourth-order valence-electron chi connectivity index (χ4n) is 2.51. The van der Waals surface area contributed by atoms with Gasteiger partial charge < -0.3 is 10.2 Å². The molecule has 4 nitrogen and oxygen atoms in total. The molecule has 0 saturated carbocycles. The predicted molar refractivity (Wildman–Crippen MR) is 91.2 cm³/mol. The lowest BCUT2D eigenvalue weighted by Gasteiger charge is -2.20. The zero-order valence-corrected chi connectivity index (χ0v) is 14.8. The van der Waals surface area contributed by atoms with Crippen molar-refractivity contribution >= 4 is 39.3 Å². The number of hydrogen-bond donors (Lipinski definition) is 1. The van der Waals surface area contributed by atoms with Gasteiger partial charge in [-0.1, -0.05) is 34.0 Å². The van der Waals surface area contributed by atoms with Crippen molar-refractivity contribution in [2.24, 2.45) is 0 Å². The molecule has 0 spiro atoms. The van der Waals surface area contributed by atoms with E-state index in [1.54, 1.807) is 18.2 Å². The molecule has 1 aromatic carbocycles. The van der Waals surface area contributed by atoms with Crippen molar-refractivity contribution in [2.45, 2.75) is 32.1 Å². The van der Waals surface area contributed by atoms with Crippen molar-refractivity contribution < 1.29 is 9.59 Å². The van der Waals surface area contributed by atoms with Gasteiger partial charge >= 0.3 is 0 Å². The quantitative estimate of drug-likeness (QED) is 0.784. The molecule has 2 amide bonds. The lowest BCUT2D eigenvalue weighted by atomic mass is 10.2. The molecule has 0 radical (unpaired) electrons. The number of carbonyl (C=O) groups excluding carboxylic acids is 2. The van der Waals surface area contributed by atoms with Crippen molar-refractivity contribution in [1.82, 2.24) is 10.2 Å². The summed E-state index contributed by atoms with van der Waals surface area (Å²) < 4.78 is 0.817. The minimum atomic E-state index is -0.187. The van der Waals surface area contributed by atoms with Gasteiger partial charge in [-0.2, -0.15) is 0 Å². The molecule has 0 atom stereocenters. The van der Waals surface area contributed by atoms with Crippen LogP contribution in [-0.2, 0) is 4.79 Å². The summed E-state index contributed by atoms with van der Waals surface area (Å²) in [5.41, 5.74) is 0.460. The van der Waals surface area contributed by atoms with Crippen LogP contribution in [-0.4, -0.2) is 36.3 Å². The van der Waals surface area contributed by atoms with E-state index in [1.807, 2.05) is 4.90 Å². The van der Waals surface area contributed by atoms with Gasteiger partial charge in [0.25, 0.3) is 5.91 Å². The van der Waals surface area contributed by atoms with Crippen LogP contribution in [0.1, 0.15) is 42.5 Å². The summed E-state index contributed by atoms with van der Waals surface area (Å²) in [4.78, 5) is 25.9. The van der Waals surface area contributed by atoms with Gasteiger partial charge in [-0.05, 0) is 37.5 Å². The van der Waals surface area contributed by atoms with Crippen molar-refractivity contribution in [3.8, 4) is 0 Å². The highest BCUT2D eigenvalue weighted by Gasteiger charge is 2.16. The lowest BCUT2D eigenvalue weighted by molar-refractivity contribution is -0.130. The minimum absolute atomic E-state index is 0.187. The highest BCUT2D eigenvalue weighted by Crippen LogP contribution is 2.20. The standard InChI is InChI=1S/C16H20BrClN2O2/c17-12-6-7-14(18)13(11-12)16(22)19-8-4-10-20-9-3-1-2-5-15(20)21/h6-7,11H,1-5,8-10H2,(H,19,22). The molecule has 0 bridgehead atoms. The van der Waals surface area contributed by atoms with E-state index < -0.39 is 0 Å². The summed E-state index contributed by atoms with van der Waals surface area (Å²) in [6, 6.07) is 5.19. The second-order valence-electron chi connectivity index (χ2n) is 5.43. The zero-order valence-electron chi connectivity index (χ0n) is 12.4. The average Bonchev–Trinajstić information content (AvgIpc) is 2.70. The molecular weight excluding hydrogens is 368 g/mol. The summed E-state index contributed by atoms with van der Waals surface area (Å²) in [5, 5.41) is 3.29. The number of benzene rings is 1. The van der Waals surface area contributed by atoms with Crippen molar-refractivity contribution in [1.29, 1.82) is 0 Å². The molecule has 1 fully saturated rings. The largest absolute Gasteiger partial charge is 0.352 e. The Morgan fingerprint density at radius 2 is 2.14 bits per heavy atom. The number of hydrogen-bond acceptors (Lipinski definition) is 2. The third-order valence-electron chi connectivity index (χ3n) is 3.73. The molecule has 1 aromatic rings. The van der Waals surface area contributed by atoms with E-state index in [-0.39, 0.29) is 11.8 Å². The molecule has 6 heteroatoms. The maximum absolute atomic E-state index is 12.1. The molecule has 22 heavy (non-hydrogen) atoms. The SMILES string of the molecule is O=C(NCCCN1CCCCCC1=O)c1cc(Br)ccc1Cl. The van der Waals surface area contributed by atoms with Crippen LogP contribution in [0, 0.1) is 0 Å². The number of halogens is 2. The van der Waals surface area contributed by atoms with E-state index in [4.69, 9.17) is 11.6 Å². The third-order valence-corrected chi connectivity index (χ3v) is 4.56. The first-order valence-corrected chi connectivity index (χ1v) is 8.76. The maximum atomic E-state index is 12.1. The predicted octanol–water partition coefficient (Wildman–Crippen LogP) is 3.63. The van der Waals surface area contributed by atoms with Gasteiger partial charge in [0, 0.05) is 30.5 Å². The van der Waals surface area contributed by atoms with Gasteiger partial charge in [-0.3, -0.25) is 9.59 Å². The monoisotopic (exact) mass is 386 g/mol. The number of nitrogens with one attached hydrogen (secondary N) is 1. The van der Waals surface area contributed by atoms with Gasteiger partial charge in [0.1, 0.15) is 0 Å². The maximum Gasteiger partial charge on any atom is 0.252 e. The summed E-state index contributed by atoms with van der Waals surface area (Å²) >= 11 is 9.36. The third kappa shape index (κ3) is 4.99. The first kappa shape index (κ1) is 17.3. The molecule has 1 heterocycles. The number of nitrogens with zero attached hydrogens (tertiary/aromatic N) is 1. The van der Waals surface area contributed by atoms with Crippen LogP contribution in [0.15, 0.2) is 22.7 Å². The molecule has 2 rings (SSSR count). The van der Waals surface area contributed by atoms with Crippen LogP contribution in [0.5, 0.6) is 0 Å². The normalized spacial score (nSPS) is 15.5. The number of carbonyl (C=O) groups is 2. The highest BCUT2D eigenvalue weighted by molar-refractivity contribution is 9.10. The van der Waals surface area contributed by atoms with Gasteiger partial charge in [0.2, 0.25) is 5.91 Å². The van der Waals surface area contributed by atoms with Crippen LogP contribution in [0.25, 0.3) is 0 Å². The van der Waals surface area contributed by atoms with Gasteiger partial charge in [0.15, 0.2) is 0 Å². The highest BCUT2D eigenvalue weighted by atomic mass is 79.9. The summed E-state index contributed by atoms with van der Waals surface area (Å²) in [5.74, 6) is 0.0485. The van der Waals surface area contributed by atoms with Gasteiger partial charge in [0.05, 0.1) is 10.6 Å². The lowest BCUT2D eigenvalue weighted by Crippen LogP contribution is -2.34. The molecule has 1 N–H and O–H groups in total. The molecular formula is C16H20BrClN2O2. The van der Waals surface area contributed by atoms with E-state index in [1.165, 1.54) is 0 Å². The molecule has 1 saturated heterocycles. The molecule has 0 aromatic heterocycles. The van der Waals surface area contributed by atoms with Gasteiger partial charge in [-0.25, -0.2) is 0 Å². The first-order valence-electron chi connectivity index (χ1n) is 7.59. The van der Waals surface area contributed by atoms with Crippen LogP contribution >= 0.6 is 27.5 Å². The molecule has 1 aliphatic heterocycles. The Bertz CT molecular complexity index is 551. The molecule has 0 aliphatic carbocycles. The number of likely N-dealkylation sites (tertiary alicyclic amines) is 1. The van der Waals surface area contributed by atoms with E-state index in [0.717, 1.165) is 36.7 Å². The van der Waals surface area contributed by atoms with E-state index in [9.17, 15) is 9.59 Å². The Kier molecular flexibility index (Phi) is 6.70.